The molecule has 1 aromatic rings. The van der Waals surface area contributed by atoms with E-state index in [9.17, 15) is 10.1 Å². The topological polar surface area (TPSA) is 58.4 Å². The zero-order valence-electron chi connectivity index (χ0n) is 12.2. The Labute approximate surface area is 124 Å². The number of nitrogens with one attached hydrogen (secondary N) is 1. The van der Waals surface area contributed by atoms with Crippen LogP contribution in [0.5, 0.6) is 0 Å². The predicted molar refractivity (Wildman–Crippen MR) is 82.1 cm³/mol. The molecule has 1 fully saturated rings. The normalized spacial score (nSPS) is 19.1. The van der Waals surface area contributed by atoms with Crippen molar-refractivity contribution in [3.05, 3.63) is 27.1 Å². The second kappa shape index (κ2) is 7.15. The molecule has 1 aliphatic heterocycles. The van der Waals surface area contributed by atoms with E-state index in [-0.39, 0.29) is 9.92 Å². The summed E-state index contributed by atoms with van der Waals surface area (Å²) in [7, 11) is 0. The van der Waals surface area contributed by atoms with Crippen LogP contribution in [0.1, 0.15) is 32.3 Å². The fourth-order valence-corrected chi connectivity index (χ4v) is 3.46. The van der Waals surface area contributed by atoms with Crippen molar-refractivity contribution in [1.29, 1.82) is 0 Å². The SMILES string of the molecule is CC(C)CN(Cc1csc([N+](=O)[O-])c1)CC1CCCN1. The number of rotatable bonds is 7. The third-order valence-electron chi connectivity index (χ3n) is 3.49. The van der Waals surface area contributed by atoms with Gasteiger partial charge in [-0.15, -0.1) is 0 Å². The van der Waals surface area contributed by atoms with E-state index in [4.69, 9.17) is 0 Å². The standard InChI is InChI=1S/C14H23N3O2S/c1-11(2)7-16(9-13-4-3-5-15-13)8-12-6-14(17(18)19)20-10-12/h6,10-11,13,15H,3-5,7-9H2,1-2H3. The Hall–Kier alpha value is -0.980. The van der Waals surface area contributed by atoms with Crippen LogP contribution in [0.2, 0.25) is 0 Å². The highest BCUT2D eigenvalue weighted by atomic mass is 32.1. The zero-order valence-corrected chi connectivity index (χ0v) is 13.0. The molecule has 1 N–H and O–H groups in total. The average Bonchev–Trinajstić information content (AvgIpc) is 2.99. The minimum Gasteiger partial charge on any atom is -0.313 e. The highest BCUT2D eigenvalue weighted by Crippen LogP contribution is 2.24. The zero-order chi connectivity index (χ0) is 14.5. The molecule has 0 amide bonds. The maximum atomic E-state index is 10.7. The van der Waals surface area contributed by atoms with Gasteiger partial charge in [-0.3, -0.25) is 15.0 Å². The molecule has 0 saturated carbocycles. The lowest BCUT2D eigenvalue weighted by Crippen LogP contribution is -2.38. The molecule has 5 nitrogen and oxygen atoms in total. The van der Waals surface area contributed by atoms with Crippen LogP contribution in [0.15, 0.2) is 11.4 Å². The Bertz CT molecular complexity index is 441. The molecule has 0 bridgehead atoms. The lowest BCUT2D eigenvalue weighted by atomic mass is 10.1. The first-order chi connectivity index (χ1) is 9.54. The fourth-order valence-electron chi connectivity index (χ4n) is 2.74. The van der Waals surface area contributed by atoms with Crippen molar-refractivity contribution in [2.75, 3.05) is 19.6 Å². The Balaban J connectivity index is 1.96. The van der Waals surface area contributed by atoms with Crippen molar-refractivity contribution in [2.45, 2.75) is 39.3 Å². The maximum absolute atomic E-state index is 10.7. The second-order valence-corrected chi connectivity index (χ2v) is 6.82. The van der Waals surface area contributed by atoms with Crippen molar-refractivity contribution < 1.29 is 4.92 Å². The number of thiophene rings is 1. The largest absolute Gasteiger partial charge is 0.324 e. The van der Waals surface area contributed by atoms with Gasteiger partial charge in [0, 0.05) is 37.1 Å². The monoisotopic (exact) mass is 297 g/mol. The highest BCUT2D eigenvalue weighted by Gasteiger charge is 2.20. The molecule has 1 aliphatic rings. The molecule has 1 saturated heterocycles. The molecule has 2 rings (SSSR count). The van der Waals surface area contributed by atoms with Crippen LogP contribution in [0.3, 0.4) is 0 Å². The number of hydrogen-bond donors (Lipinski definition) is 1. The molecule has 1 atom stereocenters. The lowest BCUT2D eigenvalue weighted by molar-refractivity contribution is -0.380. The molecule has 20 heavy (non-hydrogen) atoms. The quantitative estimate of drug-likeness (QED) is 0.621. The summed E-state index contributed by atoms with van der Waals surface area (Å²) in [6, 6.07) is 2.28. The van der Waals surface area contributed by atoms with E-state index in [1.54, 1.807) is 6.07 Å². The predicted octanol–water partition coefficient (Wildman–Crippen LogP) is 2.87. The van der Waals surface area contributed by atoms with Crippen molar-refractivity contribution in [1.82, 2.24) is 10.2 Å². The van der Waals surface area contributed by atoms with Crippen LogP contribution in [0.4, 0.5) is 5.00 Å². The van der Waals surface area contributed by atoms with Gasteiger partial charge < -0.3 is 5.32 Å². The Kier molecular flexibility index (Phi) is 5.51. The Morgan fingerprint density at radius 3 is 2.95 bits per heavy atom. The third-order valence-corrected chi connectivity index (χ3v) is 4.42. The van der Waals surface area contributed by atoms with E-state index in [1.165, 1.54) is 24.2 Å². The van der Waals surface area contributed by atoms with Gasteiger partial charge in [0.1, 0.15) is 0 Å². The van der Waals surface area contributed by atoms with E-state index in [1.807, 2.05) is 5.38 Å². The smallest absolute Gasteiger partial charge is 0.313 e. The maximum Gasteiger partial charge on any atom is 0.324 e. The van der Waals surface area contributed by atoms with Gasteiger partial charge in [-0.2, -0.15) is 0 Å². The molecule has 0 aromatic carbocycles. The van der Waals surface area contributed by atoms with Crippen molar-refractivity contribution in [3.63, 3.8) is 0 Å². The molecular weight excluding hydrogens is 274 g/mol. The Morgan fingerprint density at radius 1 is 1.60 bits per heavy atom. The van der Waals surface area contributed by atoms with Crippen molar-refractivity contribution in [3.8, 4) is 0 Å². The molecule has 112 valence electrons. The van der Waals surface area contributed by atoms with Crippen LogP contribution in [-0.4, -0.2) is 35.5 Å². The summed E-state index contributed by atoms with van der Waals surface area (Å²) in [5.74, 6) is 0.602. The highest BCUT2D eigenvalue weighted by molar-refractivity contribution is 7.13. The lowest BCUT2D eigenvalue weighted by Gasteiger charge is -2.26. The van der Waals surface area contributed by atoms with Crippen LogP contribution in [0.25, 0.3) is 0 Å². The summed E-state index contributed by atoms with van der Waals surface area (Å²) < 4.78 is 0. The van der Waals surface area contributed by atoms with Gasteiger partial charge in [0.25, 0.3) is 0 Å². The van der Waals surface area contributed by atoms with Gasteiger partial charge in [0.15, 0.2) is 0 Å². The molecule has 1 aromatic heterocycles. The molecule has 2 heterocycles. The summed E-state index contributed by atoms with van der Waals surface area (Å²) >= 11 is 1.22. The first-order valence-corrected chi connectivity index (χ1v) is 8.10. The number of hydrogen-bond acceptors (Lipinski definition) is 5. The van der Waals surface area contributed by atoms with Crippen LogP contribution < -0.4 is 5.32 Å². The Morgan fingerprint density at radius 2 is 2.40 bits per heavy atom. The summed E-state index contributed by atoms with van der Waals surface area (Å²) in [5, 5.41) is 16.4. The second-order valence-electron chi connectivity index (χ2n) is 5.93. The molecule has 6 heteroatoms. The van der Waals surface area contributed by atoms with Gasteiger partial charge in [0.2, 0.25) is 0 Å². The van der Waals surface area contributed by atoms with Crippen molar-refractivity contribution >= 4 is 16.3 Å². The summed E-state index contributed by atoms with van der Waals surface area (Å²) in [6.07, 6.45) is 2.49. The third kappa shape index (κ3) is 4.54. The van der Waals surface area contributed by atoms with E-state index in [0.717, 1.165) is 31.7 Å². The minimum atomic E-state index is -0.306. The van der Waals surface area contributed by atoms with E-state index in [2.05, 4.69) is 24.1 Å². The summed E-state index contributed by atoms with van der Waals surface area (Å²) in [4.78, 5) is 12.9. The van der Waals surface area contributed by atoms with Gasteiger partial charge in [-0.1, -0.05) is 25.2 Å². The molecule has 0 spiro atoms. The van der Waals surface area contributed by atoms with Gasteiger partial charge in [0.05, 0.1) is 4.92 Å². The summed E-state index contributed by atoms with van der Waals surface area (Å²) in [5.41, 5.74) is 1.06. The molecular formula is C14H23N3O2S. The summed E-state index contributed by atoms with van der Waals surface area (Å²) in [6.45, 7) is 8.41. The van der Waals surface area contributed by atoms with E-state index < -0.39 is 0 Å². The van der Waals surface area contributed by atoms with Gasteiger partial charge >= 0.3 is 5.00 Å². The molecule has 0 radical (unpaired) electrons. The van der Waals surface area contributed by atoms with E-state index in [0.29, 0.717) is 12.0 Å². The van der Waals surface area contributed by atoms with Crippen LogP contribution >= 0.6 is 11.3 Å². The molecule has 0 aliphatic carbocycles. The van der Waals surface area contributed by atoms with Gasteiger partial charge in [-0.05, 0) is 30.9 Å². The first kappa shape index (κ1) is 15.4. The average molecular weight is 297 g/mol. The van der Waals surface area contributed by atoms with E-state index >= 15 is 0 Å². The molecule has 1 unspecified atom stereocenters. The van der Waals surface area contributed by atoms with Crippen molar-refractivity contribution in [2.24, 2.45) is 5.92 Å². The fraction of sp³-hybridized carbons (Fsp3) is 0.714. The first-order valence-electron chi connectivity index (χ1n) is 7.22. The minimum absolute atomic E-state index is 0.239. The van der Waals surface area contributed by atoms with Gasteiger partial charge in [-0.25, -0.2) is 0 Å². The van der Waals surface area contributed by atoms with Crippen LogP contribution in [-0.2, 0) is 6.54 Å². The van der Waals surface area contributed by atoms with Crippen LogP contribution in [0, 0.1) is 16.0 Å². The number of nitrogens with zero attached hydrogens (tertiary/aromatic N) is 2. The number of nitro groups is 1.